The molecule has 0 saturated heterocycles. The second-order valence-corrected chi connectivity index (χ2v) is 6.26. The van der Waals surface area contributed by atoms with Crippen molar-refractivity contribution in [2.75, 3.05) is 5.32 Å². The normalized spacial score (nSPS) is 17.1. The average molecular weight is 326 g/mol. The molecule has 24 heavy (non-hydrogen) atoms. The molecule has 1 aliphatic heterocycles. The predicted molar refractivity (Wildman–Crippen MR) is 86.4 cm³/mol. The van der Waals surface area contributed by atoms with Gasteiger partial charge in [0.2, 0.25) is 0 Å². The Labute approximate surface area is 139 Å². The maximum atomic E-state index is 12.4. The molecule has 1 aliphatic carbocycles. The molecule has 1 saturated carbocycles. The number of benzene rings is 1. The number of esters is 1. The van der Waals surface area contributed by atoms with Crippen LogP contribution in [0.4, 0.5) is 10.5 Å². The number of hydrogen-bond acceptors (Lipinski definition) is 4. The lowest BCUT2D eigenvalue weighted by molar-refractivity contribution is 0.0535. The number of hydrogen-bond donors (Lipinski definition) is 2. The van der Waals surface area contributed by atoms with Crippen LogP contribution in [0.1, 0.15) is 40.6 Å². The molecule has 2 amide bonds. The third-order valence-corrected chi connectivity index (χ3v) is 4.46. The Kier molecular flexibility index (Phi) is 3.48. The molecule has 1 aromatic heterocycles. The Morgan fingerprint density at radius 3 is 2.96 bits per heavy atom. The Morgan fingerprint density at radius 2 is 2.25 bits per heavy atom. The first-order chi connectivity index (χ1) is 11.6. The van der Waals surface area contributed by atoms with Gasteiger partial charge in [0.25, 0.3) is 0 Å². The van der Waals surface area contributed by atoms with Crippen molar-refractivity contribution in [3.8, 4) is 0 Å². The fraction of sp³-hybridized carbons (Fsp3) is 0.353. The standard InChI is InChI=1S/C17H18N4O3/c1-21-7-6-18-15(21)14(10-2-3-10)20-17(23)19-12-4-5-13-11(8-12)9-24-16(13)22/h4-8,10,14H,2-3,9H2,1H3,(H2,19,20,23)/t14-/m1/s1. The van der Waals surface area contributed by atoms with Crippen LogP contribution in [0, 0.1) is 5.92 Å². The van der Waals surface area contributed by atoms with E-state index in [4.69, 9.17) is 4.74 Å². The Hall–Kier alpha value is -2.83. The van der Waals surface area contributed by atoms with Crippen LogP contribution < -0.4 is 10.6 Å². The molecular weight excluding hydrogens is 308 g/mol. The van der Waals surface area contributed by atoms with Gasteiger partial charge >= 0.3 is 12.0 Å². The Balaban J connectivity index is 1.46. The average Bonchev–Trinajstić information content (AvgIpc) is 3.22. The van der Waals surface area contributed by atoms with E-state index in [1.54, 1.807) is 24.4 Å². The van der Waals surface area contributed by atoms with Crippen molar-refractivity contribution in [1.82, 2.24) is 14.9 Å². The van der Waals surface area contributed by atoms with Crippen LogP contribution in [0.3, 0.4) is 0 Å². The van der Waals surface area contributed by atoms with E-state index in [0.29, 0.717) is 17.2 Å². The van der Waals surface area contributed by atoms with E-state index in [9.17, 15) is 9.59 Å². The molecule has 0 radical (unpaired) electrons. The van der Waals surface area contributed by atoms with Crippen molar-refractivity contribution in [3.05, 3.63) is 47.5 Å². The van der Waals surface area contributed by atoms with Crippen LogP contribution in [0.5, 0.6) is 0 Å². The van der Waals surface area contributed by atoms with Gasteiger partial charge in [-0.05, 0) is 37.0 Å². The maximum absolute atomic E-state index is 12.4. The largest absolute Gasteiger partial charge is 0.457 e. The van der Waals surface area contributed by atoms with Crippen molar-refractivity contribution in [2.45, 2.75) is 25.5 Å². The zero-order valence-corrected chi connectivity index (χ0v) is 13.3. The molecular formula is C17H18N4O3. The third kappa shape index (κ3) is 2.73. The van der Waals surface area contributed by atoms with Gasteiger partial charge in [-0.1, -0.05) is 0 Å². The highest BCUT2D eigenvalue weighted by Crippen LogP contribution is 2.40. The molecule has 2 aromatic rings. The van der Waals surface area contributed by atoms with Gasteiger partial charge in [0, 0.05) is 30.7 Å². The zero-order valence-electron chi connectivity index (χ0n) is 13.3. The number of nitrogens with one attached hydrogen (secondary N) is 2. The van der Waals surface area contributed by atoms with E-state index in [-0.39, 0.29) is 24.6 Å². The first kappa shape index (κ1) is 14.7. The summed E-state index contributed by atoms with van der Waals surface area (Å²) in [5.41, 5.74) is 1.99. The quantitative estimate of drug-likeness (QED) is 0.845. The molecule has 124 valence electrons. The van der Waals surface area contributed by atoms with E-state index in [2.05, 4.69) is 15.6 Å². The molecule has 7 heteroatoms. The number of aromatic nitrogens is 2. The number of cyclic esters (lactones) is 1. The second-order valence-electron chi connectivity index (χ2n) is 6.26. The first-order valence-corrected chi connectivity index (χ1v) is 7.96. The third-order valence-electron chi connectivity index (χ3n) is 4.46. The summed E-state index contributed by atoms with van der Waals surface area (Å²) < 4.78 is 6.90. The van der Waals surface area contributed by atoms with Crippen molar-refractivity contribution in [1.29, 1.82) is 0 Å². The Bertz CT molecular complexity index is 810. The molecule has 4 rings (SSSR count). The summed E-state index contributed by atoms with van der Waals surface area (Å²) in [6.45, 7) is 0.253. The number of anilines is 1. The number of amides is 2. The lowest BCUT2D eigenvalue weighted by Crippen LogP contribution is -2.35. The molecule has 7 nitrogen and oxygen atoms in total. The first-order valence-electron chi connectivity index (χ1n) is 7.96. The number of carbonyl (C=O) groups excluding carboxylic acids is 2. The van der Waals surface area contributed by atoms with Gasteiger partial charge in [-0.2, -0.15) is 0 Å². The predicted octanol–water partition coefficient (Wildman–Crippen LogP) is 2.36. The topological polar surface area (TPSA) is 85.2 Å². The molecule has 2 aliphatic rings. The van der Waals surface area contributed by atoms with Gasteiger partial charge in [-0.15, -0.1) is 0 Å². The Morgan fingerprint density at radius 1 is 1.42 bits per heavy atom. The van der Waals surface area contributed by atoms with E-state index in [1.807, 2.05) is 17.8 Å². The minimum absolute atomic E-state index is 0.0932. The number of carbonyl (C=O) groups is 2. The number of fused-ring (bicyclic) bond motifs is 1. The molecule has 2 N–H and O–H groups in total. The van der Waals surface area contributed by atoms with Gasteiger partial charge in [0.1, 0.15) is 12.4 Å². The SMILES string of the molecule is Cn1ccnc1[C@H](NC(=O)Nc1ccc2c(c1)COC2=O)C1CC1. The highest BCUT2D eigenvalue weighted by molar-refractivity contribution is 5.95. The summed E-state index contributed by atoms with van der Waals surface area (Å²) in [7, 11) is 1.93. The fourth-order valence-electron chi connectivity index (χ4n) is 3.02. The number of urea groups is 1. The summed E-state index contributed by atoms with van der Waals surface area (Å²) in [6.07, 6.45) is 5.80. The minimum atomic E-state index is -0.315. The maximum Gasteiger partial charge on any atom is 0.338 e. The van der Waals surface area contributed by atoms with E-state index in [0.717, 1.165) is 24.2 Å². The van der Waals surface area contributed by atoms with Crippen molar-refractivity contribution in [2.24, 2.45) is 13.0 Å². The highest BCUT2D eigenvalue weighted by atomic mass is 16.5. The molecule has 2 heterocycles. The summed E-state index contributed by atoms with van der Waals surface area (Å²) in [6, 6.07) is 4.78. The van der Waals surface area contributed by atoms with Crippen molar-refractivity contribution in [3.63, 3.8) is 0 Å². The summed E-state index contributed by atoms with van der Waals surface area (Å²) in [5.74, 6) is 0.980. The van der Waals surface area contributed by atoms with E-state index < -0.39 is 0 Å². The van der Waals surface area contributed by atoms with Crippen molar-refractivity contribution >= 4 is 17.7 Å². The van der Waals surface area contributed by atoms with Gasteiger partial charge < -0.3 is 19.9 Å². The van der Waals surface area contributed by atoms with Gasteiger partial charge in [-0.3, -0.25) is 0 Å². The summed E-state index contributed by atoms with van der Waals surface area (Å²) in [5, 5.41) is 5.84. The second kappa shape index (κ2) is 5.67. The van der Waals surface area contributed by atoms with Crippen LogP contribution >= 0.6 is 0 Å². The van der Waals surface area contributed by atoms with Gasteiger partial charge in [0.15, 0.2) is 0 Å². The molecule has 0 bridgehead atoms. The van der Waals surface area contributed by atoms with Gasteiger partial charge in [0.05, 0.1) is 11.6 Å². The monoisotopic (exact) mass is 326 g/mol. The number of rotatable bonds is 4. The van der Waals surface area contributed by atoms with Crippen LogP contribution in [-0.4, -0.2) is 21.6 Å². The summed E-state index contributed by atoms with van der Waals surface area (Å²) >= 11 is 0. The molecule has 0 unspecified atom stereocenters. The molecule has 0 spiro atoms. The fourth-order valence-corrected chi connectivity index (χ4v) is 3.02. The van der Waals surface area contributed by atoms with Crippen LogP contribution in [0.2, 0.25) is 0 Å². The summed E-state index contributed by atoms with van der Waals surface area (Å²) in [4.78, 5) is 28.2. The minimum Gasteiger partial charge on any atom is -0.457 e. The van der Waals surface area contributed by atoms with Crippen LogP contribution in [-0.2, 0) is 18.4 Å². The van der Waals surface area contributed by atoms with Crippen LogP contribution in [0.15, 0.2) is 30.6 Å². The van der Waals surface area contributed by atoms with Gasteiger partial charge in [-0.25, -0.2) is 14.6 Å². The lowest BCUT2D eigenvalue weighted by Gasteiger charge is -2.18. The number of aryl methyl sites for hydroxylation is 1. The number of ether oxygens (including phenoxy) is 1. The smallest absolute Gasteiger partial charge is 0.338 e. The zero-order chi connectivity index (χ0) is 16.7. The lowest BCUT2D eigenvalue weighted by atomic mass is 10.1. The number of imidazole rings is 1. The number of nitrogens with zero attached hydrogens (tertiary/aromatic N) is 2. The molecule has 1 aromatic carbocycles. The molecule has 1 atom stereocenters. The van der Waals surface area contributed by atoms with Crippen LogP contribution in [0.25, 0.3) is 0 Å². The van der Waals surface area contributed by atoms with Crippen molar-refractivity contribution < 1.29 is 14.3 Å². The van der Waals surface area contributed by atoms with E-state index in [1.165, 1.54) is 0 Å². The van der Waals surface area contributed by atoms with E-state index >= 15 is 0 Å². The highest BCUT2D eigenvalue weighted by Gasteiger charge is 2.35. The molecule has 1 fully saturated rings.